The van der Waals surface area contributed by atoms with Crippen molar-refractivity contribution in [2.24, 2.45) is 0 Å². The zero-order valence-corrected chi connectivity index (χ0v) is 16.4. The average molecular weight is 456 g/mol. The minimum absolute atomic E-state index is 0.0420. The highest BCUT2D eigenvalue weighted by atomic mass is 19.4. The van der Waals surface area contributed by atoms with E-state index in [2.05, 4.69) is 25.6 Å². The Balaban J connectivity index is 1.59. The van der Waals surface area contributed by atoms with Crippen LogP contribution in [0.4, 0.5) is 23.4 Å². The molecule has 3 rings (SSSR count). The summed E-state index contributed by atoms with van der Waals surface area (Å²) in [6, 6.07) is 1.50. The van der Waals surface area contributed by atoms with Crippen molar-refractivity contribution in [1.82, 2.24) is 35.0 Å². The molecule has 0 aliphatic carbocycles. The molecular formula is C17H16F4N8O3. The fraction of sp³-hybridized carbons (Fsp3) is 0.353. The molecule has 0 bridgehead atoms. The molecule has 170 valence electrons. The number of carboxylic acids is 1. The van der Waals surface area contributed by atoms with Gasteiger partial charge in [-0.1, -0.05) is 10.4 Å². The number of pyridine rings is 1. The van der Waals surface area contributed by atoms with Gasteiger partial charge in [0.15, 0.2) is 11.4 Å². The van der Waals surface area contributed by atoms with Crippen LogP contribution < -0.4 is 4.90 Å². The molecule has 3 aromatic rings. The monoisotopic (exact) mass is 456 g/mol. The van der Waals surface area contributed by atoms with Crippen molar-refractivity contribution in [3.05, 3.63) is 47.7 Å². The lowest BCUT2D eigenvalue weighted by Gasteiger charge is -2.16. The van der Waals surface area contributed by atoms with Crippen molar-refractivity contribution in [2.45, 2.75) is 31.9 Å². The summed E-state index contributed by atoms with van der Waals surface area (Å²) in [5.74, 6) is -2.27. The van der Waals surface area contributed by atoms with Crippen LogP contribution in [0.1, 0.15) is 33.0 Å². The molecule has 0 aliphatic rings. The summed E-state index contributed by atoms with van der Waals surface area (Å²) in [6.07, 6.45) is -2.81. The number of amides is 1. The number of aromatic nitrogens is 7. The van der Waals surface area contributed by atoms with Gasteiger partial charge in [0.2, 0.25) is 0 Å². The maximum Gasteiger partial charge on any atom is 0.416 e. The highest BCUT2D eigenvalue weighted by Gasteiger charge is 2.31. The molecule has 3 heterocycles. The number of anilines is 1. The summed E-state index contributed by atoms with van der Waals surface area (Å²) >= 11 is 0. The lowest BCUT2D eigenvalue weighted by Crippen LogP contribution is -2.27. The van der Waals surface area contributed by atoms with Crippen LogP contribution in [0.3, 0.4) is 0 Å². The number of aromatic carboxylic acids is 1. The first-order chi connectivity index (χ1) is 15.0. The Kier molecular flexibility index (Phi) is 6.45. The molecule has 0 saturated heterocycles. The molecule has 1 atom stereocenters. The second-order valence-electron chi connectivity index (χ2n) is 6.65. The summed E-state index contributed by atoms with van der Waals surface area (Å²) in [4.78, 5) is 27.9. The topological polar surface area (TPSA) is 132 Å². The molecule has 1 amide bonds. The fourth-order valence-electron chi connectivity index (χ4n) is 2.61. The molecule has 0 aliphatic heterocycles. The van der Waals surface area contributed by atoms with Gasteiger partial charge in [0.1, 0.15) is 12.0 Å². The van der Waals surface area contributed by atoms with E-state index in [1.165, 1.54) is 17.9 Å². The molecule has 0 radical (unpaired) electrons. The second kappa shape index (κ2) is 9.07. The standard InChI is InChI=1S/C17H16F4N8O3/c1-27(14-6-10(2-4-22-14)17(19,20)21)15(30)12-8-29(26-23-12)7-11(18)3-5-28-9-13(16(31)32)24-25-28/h2,4,6,8-9,11H,3,5,7H2,1H3,(H,31,32). The Morgan fingerprint density at radius 2 is 1.81 bits per heavy atom. The van der Waals surface area contributed by atoms with Gasteiger partial charge in [0.25, 0.3) is 5.91 Å². The average Bonchev–Trinajstić information content (AvgIpc) is 3.40. The van der Waals surface area contributed by atoms with E-state index in [4.69, 9.17) is 5.11 Å². The van der Waals surface area contributed by atoms with E-state index in [0.717, 1.165) is 34.1 Å². The highest BCUT2D eigenvalue weighted by molar-refractivity contribution is 6.03. The Morgan fingerprint density at radius 3 is 2.47 bits per heavy atom. The Morgan fingerprint density at radius 1 is 1.16 bits per heavy atom. The molecule has 3 aromatic heterocycles. The third kappa shape index (κ3) is 5.41. The van der Waals surface area contributed by atoms with Gasteiger partial charge in [-0.15, -0.1) is 10.2 Å². The van der Waals surface area contributed by atoms with Crippen LogP contribution >= 0.6 is 0 Å². The van der Waals surface area contributed by atoms with Crippen molar-refractivity contribution >= 4 is 17.7 Å². The molecule has 0 aromatic carbocycles. The van der Waals surface area contributed by atoms with Crippen LogP contribution in [0.5, 0.6) is 0 Å². The van der Waals surface area contributed by atoms with Crippen molar-refractivity contribution in [3.63, 3.8) is 0 Å². The number of carbonyl (C=O) groups is 2. The minimum Gasteiger partial charge on any atom is -0.476 e. The van der Waals surface area contributed by atoms with E-state index in [1.54, 1.807) is 0 Å². The lowest BCUT2D eigenvalue weighted by molar-refractivity contribution is -0.137. The number of aryl methyl sites for hydroxylation is 1. The van der Waals surface area contributed by atoms with Crippen LogP contribution in [-0.4, -0.2) is 65.2 Å². The normalized spacial score (nSPS) is 12.5. The predicted octanol–water partition coefficient (Wildman–Crippen LogP) is 1.69. The quantitative estimate of drug-likeness (QED) is 0.507. The molecule has 0 fully saturated rings. The van der Waals surface area contributed by atoms with Crippen LogP contribution in [0.25, 0.3) is 0 Å². The largest absolute Gasteiger partial charge is 0.476 e. The number of halogens is 4. The van der Waals surface area contributed by atoms with Gasteiger partial charge in [0.05, 0.1) is 24.5 Å². The van der Waals surface area contributed by atoms with E-state index in [1.807, 2.05) is 0 Å². The molecule has 32 heavy (non-hydrogen) atoms. The van der Waals surface area contributed by atoms with Gasteiger partial charge in [0, 0.05) is 26.2 Å². The Labute approximate surface area is 177 Å². The first-order valence-corrected chi connectivity index (χ1v) is 9.03. The summed E-state index contributed by atoms with van der Waals surface area (Å²) in [6.45, 7) is -0.196. The van der Waals surface area contributed by atoms with E-state index in [-0.39, 0.29) is 36.7 Å². The Bertz CT molecular complexity index is 1110. The maximum atomic E-state index is 14.3. The van der Waals surface area contributed by atoms with Gasteiger partial charge >= 0.3 is 12.1 Å². The summed E-state index contributed by atoms with van der Waals surface area (Å²) in [5, 5.41) is 23.1. The highest BCUT2D eigenvalue weighted by Crippen LogP contribution is 2.30. The van der Waals surface area contributed by atoms with Crippen LogP contribution in [0, 0.1) is 0 Å². The minimum atomic E-state index is -4.59. The van der Waals surface area contributed by atoms with Gasteiger partial charge in [-0.3, -0.25) is 14.4 Å². The van der Waals surface area contributed by atoms with Crippen molar-refractivity contribution in [3.8, 4) is 0 Å². The Hall–Kier alpha value is -3.91. The van der Waals surface area contributed by atoms with Gasteiger partial charge < -0.3 is 5.11 Å². The summed E-state index contributed by atoms with van der Waals surface area (Å²) < 4.78 is 55.1. The third-order valence-electron chi connectivity index (χ3n) is 4.29. The van der Waals surface area contributed by atoms with Crippen molar-refractivity contribution in [1.29, 1.82) is 0 Å². The van der Waals surface area contributed by atoms with Gasteiger partial charge in [-0.2, -0.15) is 13.2 Å². The van der Waals surface area contributed by atoms with E-state index < -0.39 is 29.8 Å². The molecule has 0 spiro atoms. The molecular weight excluding hydrogens is 440 g/mol. The number of nitrogens with zero attached hydrogens (tertiary/aromatic N) is 8. The number of carboxylic acid groups (broad SMARTS) is 1. The van der Waals surface area contributed by atoms with Crippen LogP contribution in [0.2, 0.25) is 0 Å². The number of rotatable bonds is 8. The number of hydrogen-bond acceptors (Lipinski definition) is 7. The lowest BCUT2D eigenvalue weighted by atomic mass is 10.2. The van der Waals surface area contributed by atoms with Crippen LogP contribution in [-0.2, 0) is 19.3 Å². The van der Waals surface area contributed by atoms with Gasteiger partial charge in [-0.25, -0.2) is 18.9 Å². The number of carbonyl (C=O) groups excluding carboxylic acids is 1. The zero-order chi connectivity index (χ0) is 23.5. The SMILES string of the molecule is CN(C(=O)c1cn(CC(F)CCn2cc(C(=O)O)nn2)nn1)c1cc(C(F)(F)F)ccn1. The first kappa shape index (κ1) is 22.8. The summed E-state index contributed by atoms with van der Waals surface area (Å²) in [5.41, 5.74) is -1.44. The molecule has 11 nitrogen and oxygen atoms in total. The van der Waals surface area contributed by atoms with Gasteiger partial charge in [-0.05, 0) is 12.1 Å². The number of hydrogen-bond donors (Lipinski definition) is 1. The zero-order valence-electron chi connectivity index (χ0n) is 16.4. The molecule has 0 saturated carbocycles. The fourth-order valence-corrected chi connectivity index (χ4v) is 2.61. The second-order valence-corrected chi connectivity index (χ2v) is 6.65. The summed E-state index contributed by atoms with van der Waals surface area (Å²) in [7, 11) is 1.23. The number of alkyl halides is 4. The molecule has 1 unspecified atom stereocenters. The van der Waals surface area contributed by atoms with E-state index >= 15 is 0 Å². The smallest absolute Gasteiger partial charge is 0.416 e. The molecule has 15 heteroatoms. The molecule has 1 N–H and O–H groups in total. The maximum absolute atomic E-state index is 14.3. The van der Waals surface area contributed by atoms with Crippen molar-refractivity contribution < 1.29 is 32.3 Å². The third-order valence-corrected chi connectivity index (χ3v) is 4.29. The van der Waals surface area contributed by atoms with Crippen LogP contribution in [0.15, 0.2) is 30.7 Å². The predicted molar refractivity (Wildman–Crippen MR) is 98.5 cm³/mol. The van der Waals surface area contributed by atoms with Crippen molar-refractivity contribution in [2.75, 3.05) is 11.9 Å². The van der Waals surface area contributed by atoms with E-state index in [9.17, 15) is 27.2 Å². The first-order valence-electron chi connectivity index (χ1n) is 9.03. The van der Waals surface area contributed by atoms with E-state index in [0.29, 0.717) is 0 Å².